The van der Waals surface area contributed by atoms with E-state index in [-0.39, 0.29) is 0 Å². The molecule has 0 nitrogen and oxygen atoms in total. The zero-order chi connectivity index (χ0) is 9.38. The van der Waals surface area contributed by atoms with Crippen LogP contribution in [0.4, 0.5) is 0 Å². The first-order valence-electron chi connectivity index (χ1n) is 5.65. The number of hydrogen-bond donors (Lipinski definition) is 0. The maximum absolute atomic E-state index is 2.41. The molecule has 0 radical (unpaired) electrons. The molecule has 0 N–H and O–H groups in total. The molecular formula is C14H16. The van der Waals surface area contributed by atoms with E-state index in [9.17, 15) is 0 Å². The fourth-order valence-corrected chi connectivity index (χ4v) is 3.13. The number of fused-ring (bicyclic) bond motifs is 3. The van der Waals surface area contributed by atoms with Crippen molar-refractivity contribution in [1.29, 1.82) is 0 Å². The second-order valence-electron chi connectivity index (χ2n) is 4.60. The van der Waals surface area contributed by atoms with Crippen molar-refractivity contribution in [1.82, 2.24) is 0 Å². The number of allylic oxidation sites excluding steroid dienone is 8. The largest absolute Gasteiger partial charge is 0.0808 e. The summed E-state index contributed by atoms with van der Waals surface area (Å²) in [4.78, 5) is 0. The van der Waals surface area contributed by atoms with E-state index in [1.165, 1.54) is 12.8 Å². The van der Waals surface area contributed by atoms with E-state index in [0.29, 0.717) is 0 Å². The van der Waals surface area contributed by atoms with Gasteiger partial charge in [0.15, 0.2) is 0 Å². The summed E-state index contributed by atoms with van der Waals surface area (Å²) in [6.07, 6.45) is 21.2. The fourth-order valence-electron chi connectivity index (χ4n) is 3.13. The van der Waals surface area contributed by atoms with E-state index in [0.717, 1.165) is 23.7 Å². The fraction of sp³-hybridized carbons (Fsp3) is 0.429. The highest BCUT2D eigenvalue weighted by atomic mass is 14.4. The first-order chi connectivity index (χ1) is 6.95. The van der Waals surface area contributed by atoms with Gasteiger partial charge in [-0.05, 0) is 36.5 Å². The maximum atomic E-state index is 2.41. The topological polar surface area (TPSA) is 0 Å². The maximum Gasteiger partial charge on any atom is -0.00986 e. The Labute approximate surface area is 85.7 Å². The Kier molecular flexibility index (Phi) is 1.93. The van der Waals surface area contributed by atoms with Gasteiger partial charge in [-0.3, -0.25) is 0 Å². The summed E-state index contributed by atoms with van der Waals surface area (Å²) in [6, 6.07) is 0. The predicted octanol–water partition coefficient (Wildman–Crippen LogP) is 3.50. The van der Waals surface area contributed by atoms with Gasteiger partial charge in [-0.1, -0.05) is 48.6 Å². The highest BCUT2D eigenvalue weighted by Crippen LogP contribution is 2.44. The van der Waals surface area contributed by atoms with Crippen molar-refractivity contribution in [2.75, 3.05) is 0 Å². The van der Waals surface area contributed by atoms with Crippen LogP contribution in [0, 0.1) is 23.7 Å². The van der Waals surface area contributed by atoms with Crippen molar-refractivity contribution < 1.29 is 0 Å². The summed E-state index contributed by atoms with van der Waals surface area (Å²) < 4.78 is 0. The van der Waals surface area contributed by atoms with Crippen LogP contribution in [0.2, 0.25) is 0 Å². The SMILES string of the molecule is C1=CC2CCC3C=CC=CC3C2C=C1. The molecule has 0 amide bonds. The Hall–Kier alpha value is -1.04. The lowest BCUT2D eigenvalue weighted by Crippen LogP contribution is -2.32. The van der Waals surface area contributed by atoms with E-state index in [2.05, 4.69) is 48.6 Å². The van der Waals surface area contributed by atoms with Gasteiger partial charge in [-0.25, -0.2) is 0 Å². The van der Waals surface area contributed by atoms with Crippen molar-refractivity contribution >= 4 is 0 Å². The molecule has 0 heterocycles. The Bertz CT molecular complexity index is 296. The van der Waals surface area contributed by atoms with Crippen molar-refractivity contribution in [2.24, 2.45) is 23.7 Å². The van der Waals surface area contributed by atoms with Crippen LogP contribution in [-0.4, -0.2) is 0 Å². The molecule has 0 bridgehead atoms. The lowest BCUT2D eigenvalue weighted by molar-refractivity contribution is 0.216. The molecule has 4 atom stereocenters. The standard InChI is InChI=1S/C14H16/c1-3-7-13-11(5-1)9-10-12-6-2-4-8-14(12)13/h1-8,11-14H,9-10H2. The van der Waals surface area contributed by atoms with Crippen molar-refractivity contribution in [3.8, 4) is 0 Å². The van der Waals surface area contributed by atoms with E-state index >= 15 is 0 Å². The Morgan fingerprint density at radius 2 is 1.00 bits per heavy atom. The van der Waals surface area contributed by atoms with Crippen LogP contribution in [0.25, 0.3) is 0 Å². The highest BCUT2D eigenvalue weighted by molar-refractivity contribution is 5.24. The monoisotopic (exact) mass is 184 g/mol. The van der Waals surface area contributed by atoms with Gasteiger partial charge in [0.05, 0.1) is 0 Å². The third-order valence-corrected chi connectivity index (χ3v) is 3.87. The third-order valence-electron chi connectivity index (χ3n) is 3.87. The third kappa shape index (κ3) is 1.21. The summed E-state index contributed by atoms with van der Waals surface area (Å²) in [6.45, 7) is 0. The molecule has 0 saturated heterocycles. The van der Waals surface area contributed by atoms with Crippen LogP contribution in [-0.2, 0) is 0 Å². The Morgan fingerprint density at radius 3 is 1.50 bits per heavy atom. The molecule has 72 valence electrons. The highest BCUT2D eigenvalue weighted by Gasteiger charge is 2.35. The zero-order valence-corrected chi connectivity index (χ0v) is 8.34. The number of hydrogen-bond acceptors (Lipinski definition) is 0. The van der Waals surface area contributed by atoms with E-state index in [4.69, 9.17) is 0 Å². The molecule has 4 unspecified atom stereocenters. The summed E-state index contributed by atoms with van der Waals surface area (Å²) in [5.41, 5.74) is 0. The molecule has 0 aliphatic heterocycles. The molecule has 0 heteroatoms. The molecule has 3 aliphatic carbocycles. The lowest BCUT2D eigenvalue weighted by Gasteiger charge is -2.40. The molecule has 3 aliphatic rings. The van der Waals surface area contributed by atoms with Crippen LogP contribution in [0.5, 0.6) is 0 Å². The van der Waals surface area contributed by atoms with E-state index in [1.54, 1.807) is 0 Å². The minimum absolute atomic E-state index is 0.764. The normalized spacial score (nSPS) is 43.4. The average Bonchev–Trinajstić information content (AvgIpc) is 2.29. The van der Waals surface area contributed by atoms with Crippen LogP contribution < -0.4 is 0 Å². The van der Waals surface area contributed by atoms with Crippen molar-refractivity contribution in [3.05, 3.63) is 48.6 Å². The minimum Gasteiger partial charge on any atom is -0.0808 e. The van der Waals surface area contributed by atoms with Gasteiger partial charge in [0.1, 0.15) is 0 Å². The van der Waals surface area contributed by atoms with Crippen molar-refractivity contribution in [3.63, 3.8) is 0 Å². The van der Waals surface area contributed by atoms with Gasteiger partial charge >= 0.3 is 0 Å². The smallest absolute Gasteiger partial charge is 0.00986 e. The van der Waals surface area contributed by atoms with Crippen LogP contribution >= 0.6 is 0 Å². The molecule has 1 saturated carbocycles. The molecular weight excluding hydrogens is 168 g/mol. The molecule has 14 heavy (non-hydrogen) atoms. The van der Waals surface area contributed by atoms with Crippen LogP contribution in [0.3, 0.4) is 0 Å². The van der Waals surface area contributed by atoms with Gasteiger partial charge in [0.2, 0.25) is 0 Å². The minimum atomic E-state index is 0.764. The second kappa shape index (κ2) is 3.27. The second-order valence-corrected chi connectivity index (χ2v) is 4.60. The summed E-state index contributed by atoms with van der Waals surface area (Å²) >= 11 is 0. The first kappa shape index (κ1) is 8.28. The average molecular weight is 184 g/mol. The van der Waals surface area contributed by atoms with Crippen molar-refractivity contribution in [2.45, 2.75) is 12.8 Å². The van der Waals surface area contributed by atoms with Gasteiger partial charge in [-0.2, -0.15) is 0 Å². The predicted molar refractivity (Wildman–Crippen MR) is 59.8 cm³/mol. The summed E-state index contributed by atoms with van der Waals surface area (Å²) in [7, 11) is 0. The van der Waals surface area contributed by atoms with E-state index in [1.807, 2.05) is 0 Å². The zero-order valence-electron chi connectivity index (χ0n) is 8.34. The Morgan fingerprint density at radius 1 is 0.571 bits per heavy atom. The quantitative estimate of drug-likeness (QED) is 0.540. The van der Waals surface area contributed by atoms with Gasteiger partial charge in [0.25, 0.3) is 0 Å². The van der Waals surface area contributed by atoms with Gasteiger partial charge in [0, 0.05) is 0 Å². The Balaban J connectivity index is 1.90. The molecule has 0 spiro atoms. The molecule has 0 aromatic carbocycles. The van der Waals surface area contributed by atoms with Crippen LogP contribution in [0.1, 0.15) is 12.8 Å². The first-order valence-corrected chi connectivity index (χ1v) is 5.65. The molecule has 1 fully saturated rings. The van der Waals surface area contributed by atoms with Gasteiger partial charge in [-0.15, -0.1) is 0 Å². The molecule has 0 aromatic rings. The number of rotatable bonds is 0. The summed E-state index contributed by atoms with van der Waals surface area (Å²) in [5.74, 6) is 3.13. The molecule has 3 rings (SSSR count). The summed E-state index contributed by atoms with van der Waals surface area (Å²) in [5, 5.41) is 0. The molecule has 0 aromatic heterocycles. The van der Waals surface area contributed by atoms with E-state index < -0.39 is 0 Å². The lowest BCUT2D eigenvalue weighted by atomic mass is 9.64. The van der Waals surface area contributed by atoms with Crippen LogP contribution in [0.15, 0.2) is 48.6 Å². The van der Waals surface area contributed by atoms with Gasteiger partial charge < -0.3 is 0 Å².